The van der Waals surface area contributed by atoms with Crippen molar-refractivity contribution in [3.63, 3.8) is 0 Å². The minimum absolute atomic E-state index is 0.178. The standard InChI is InChI=1S/C20H21NO3.C6H5F/c1-14(2)19(23)18(17(13-22)15-9-5-3-6-10-15)20(24)21-16-11-7-4-8-12-16;7-6-4-2-1-3-5-6/h3-14,17-18H,1-2H3,(H,21,24);1-5H. The number of halogens is 1. The molecule has 3 rings (SSSR count). The summed E-state index contributed by atoms with van der Waals surface area (Å²) in [5.74, 6) is -3.08. The summed E-state index contributed by atoms with van der Waals surface area (Å²) in [4.78, 5) is 37.1. The number of benzene rings is 3. The number of hydrogen-bond donors (Lipinski definition) is 1. The molecule has 0 bridgehead atoms. The highest BCUT2D eigenvalue weighted by molar-refractivity contribution is 6.10. The Morgan fingerprint density at radius 1 is 0.806 bits per heavy atom. The van der Waals surface area contributed by atoms with Gasteiger partial charge in [0.05, 0.1) is 5.92 Å². The van der Waals surface area contributed by atoms with Gasteiger partial charge in [0.2, 0.25) is 5.91 Å². The SMILES string of the molecule is CC(C)C(=O)C(C(=O)Nc1ccccc1)C(C=O)c1ccccc1.Fc1ccccc1. The first-order chi connectivity index (χ1) is 14.9. The summed E-state index contributed by atoms with van der Waals surface area (Å²) < 4.78 is 11.9. The van der Waals surface area contributed by atoms with Crippen molar-refractivity contribution < 1.29 is 18.8 Å². The Labute approximate surface area is 182 Å². The molecule has 3 aromatic carbocycles. The molecule has 0 heterocycles. The lowest BCUT2D eigenvalue weighted by atomic mass is 9.80. The highest BCUT2D eigenvalue weighted by Gasteiger charge is 2.36. The van der Waals surface area contributed by atoms with E-state index in [0.717, 1.165) is 0 Å². The molecule has 0 spiro atoms. The third-order valence-electron chi connectivity index (χ3n) is 4.62. The first kappa shape index (κ1) is 23.7. The Hall–Kier alpha value is -3.60. The first-order valence-corrected chi connectivity index (χ1v) is 10.0. The lowest BCUT2D eigenvalue weighted by molar-refractivity contribution is -0.136. The highest BCUT2D eigenvalue weighted by atomic mass is 19.1. The molecule has 0 saturated carbocycles. The fourth-order valence-corrected chi connectivity index (χ4v) is 3.01. The number of aldehydes is 1. The normalized spacial score (nSPS) is 12.1. The Morgan fingerprint density at radius 2 is 1.29 bits per heavy atom. The second kappa shape index (κ2) is 12.2. The predicted molar refractivity (Wildman–Crippen MR) is 120 cm³/mol. The lowest BCUT2D eigenvalue weighted by Gasteiger charge is -2.23. The maximum atomic E-state index is 12.7. The van der Waals surface area contributed by atoms with Gasteiger partial charge in [-0.15, -0.1) is 0 Å². The number of nitrogens with one attached hydrogen (secondary N) is 1. The van der Waals surface area contributed by atoms with E-state index in [1.54, 1.807) is 80.6 Å². The van der Waals surface area contributed by atoms with Gasteiger partial charge in [0, 0.05) is 11.6 Å². The van der Waals surface area contributed by atoms with Gasteiger partial charge < -0.3 is 10.1 Å². The minimum Gasteiger partial charge on any atom is -0.325 e. The fourth-order valence-electron chi connectivity index (χ4n) is 3.01. The zero-order chi connectivity index (χ0) is 22.6. The van der Waals surface area contributed by atoms with Crippen molar-refractivity contribution >= 4 is 23.7 Å². The van der Waals surface area contributed by atoms with E-state index in [0.29, 0.717) is 17.5 Å². The van der Waals surface area contributed by atoms with Crippen LogP contribution in [0.5, 0.6) is 0 Å². The average molecular weight is 419 g/mol. The molecule has 0 aliphatic carbocycles. The molecule has 0 aliphatic heterocycles. The summed E-state index contributed by atoms with van der Waals surface area (Å²) in [5, 5.41) is 2.74. The number of hydrogen-bond acceptors (Lipinski definition) is 3. The van der Waals surface area contributed by atoms with Crippen LogP contribution < -0.4 is 5.32 Å². The highest BCUT2D eigenvalue weighted by Crippen LogP contribution is 2.27. The second-order valence-corrected chi connectivity index (χ2v) is 7.26. The molecule has 4 nitrogen and oxygen atoms in total. The topological polar surface area (TPSA) is 63.2 Å². The maximum absolute atomic E-state index is 12.7. The second-order valence-electron chi connectivity index (χ2n) is 7.26. The van der Waals surface area contributed by atoms with Gasteiger partial charge in [-0.25, -0.2) is 4.39 Å². The molecule has 0 aliphatic rings. The van der Waals surface area contributed by atoms with Gasteiger partial charge in [0.25, 0.3) is 0 Å². The lowest BCUT2D eigenvalue weighted by Crippen LogP contribution is -2.37. The summed E-state index contributed by atoms with van der Waals surface area (Å²) in [6.45, 7) is 3.47. The fraction of sp³-hybridized carbons (Fsp3) is 0.192. The summed E-state index contributed by atoms with van der Waals surface area (Å²) in [6, 6.07) is 25.8. The predicted octanol–water partition coefficient (Wildman–Crippen LogP) is 5.27. The Bertz CT molecular complexity index is 960. The number of rotatable bonds is 7. The number of carbonyl (C=O) groups excluding carboxylic acids is 3. The average Bonchev–Trinajstić information content (AvgIpc) is 2.79. The van der Waals surface area contributed by atoms with Crippen LogP contribution in [0.2, 0.25) is 0 Å². The third-order valence-corrected chi connectivity index (χ3v) is 4.62. The molecular weight excluding hydrogens is 393 g/mol. The van der Waals surface area contributed by atoms with Gasteiger partial charge in [-0.1, -0.05) is 80.6 Å². The zero-order valence-corrected chi connectivity index (χ0v) is 17.6. The van der Waals surface area contributed by atoms with E-state index in [2.05, 4.69) is 5.32 Å². The van der Waals surface area contributed by atoms with Gasteiger partial charge in [-0.3, -0.25) is 9.59 Å². The van der Waals surface area contributed by atoms with Gasteiger partial charge in [0.15, 0.2) is 0 Å². The summed E-state index contributed by atoms with van der Waals surface area (Å²) in [7, 11) is 0. The summed E-state index contributed by atoms with van der Waals surface area (Å²) >= 11 is 0. The monoisotopic (exact) mass is 419 g/mol. The van der Waals surface area contributed by atoms with Crippen LogP contribution >= 0.6 is 0 Å². The van der Waals surface area contributed by atoms with E-state index in [1.807, 2.05) is 12.1 Å². The van der Waals surface area contributed by atoms with Crippen molar-refractivity contribution in [1.29, 1.82) is 0 Å². The number of carbonyl (C=O) groups is 3. The van der Waals surface area contributed by atoms with Crippen molar-refractivity contribution in [3.8, 4) is 0 Å². The van der Waals surface area contributed by atoms with Gasteiger partial charge in [-0.2, -0.15) is 0 Å². The van der Waals surface area contributed by atoms with E-state index < -0.39 is 17.7 Å². The first-order valence-electron chi connectivity index (χ1n) is 10.0. The van der Waals surface area contributed by atoms with E-state index >= 15 is 0 Å². The smallest absolute Gasteiger partial charge is 0.236 e. The molecule has 3 aromatic rings. The third kappa shape index (κ3) is 7.30. The van der Waals surface area contributed by atoms with Crippen LogP contribution in [-0.2, 0) is 14.4 Å². The molecule has 5 heteroatoms. The molecule has 31 heavy (non-hydrogen) atoms. The molecule has 0 aromatic heterocycles. The Morgan fingerprint density at radius 3 is 1.71 bits per heavy atom. The maximum Gasteiger partial charge on any atom is 0.236 e. The van der Waals surface area contributed by atoms with Crippen molar-refractivity contribution in [2.75, 3.05) is 5.32 Å². The van der Waals surface area contributed by atoms with Crippen LogP contribution in [0.15, 0.2) is 91.0 Å². The molecule has 0 saturated heterocycles. The largest absolute Gasteiger partial charge is 0.325 e. The molecule has 1 amide bonds. The van der Waals surface area contributed by atoms with E-state index in [-0.39, 0.29) is 17.5 Å². The van der Waals surface area contributed by atoms with Crippen molar-refractivity contribution in [2.45, 2.75) is 19.8 Å². The van der Waals surface area contributed by atoms with Crippen LogP contribution in [0.4, 0.5) is 10.1 Å². The molecule has 2 unspecified atom stereocenters. The molecule has 0 radical (unpaired) electrons. The molecule has 160 valence electrons. The number of ketones is 1. The van der Waals surface area contributed by atoms with Crippen molar-refractivity contribution in [1.82, 2.24) is 0 Å². The number of amides is 1. The number of anilines is 1. The van der Waals surface area contributed by atoms with Crippen molar-refractivity contribution in [3.05, 3.63) is 102 Å². The Balaban J connectivity index is 0.000000412. The van der Waals surface area contributed by atoms with Crippen LogP contribution in [0.25, 0.3) is 0 Å². The molecular formula is C26H26FNO3. The zero-order valence-electron chi connectivity index (χ0n) is 17.6. The van der Waals surface area contributed by atoms with Gasteiger partial charge in [-0.05, 0) is 29.8 Å². The number of para-hydroxylation sites is 1. The van der Waals surface area contributed by atoms with Crippen LogP contribution in [-0.4, -0.2) is 18.0 Å². The van der Waals surface area contributed by atoms with Crippen LogP contribution in [0.3, 0.4) is 0 Å². The minimum atomic E-state index is -1.05. The molecule has 2 atom stereocenters. The summed E-state index contributed by atoms with van der Waals surface area (Å²) in [6.07, 6.45) is 0.685. The number of Topliss-reactive ketones (excluding diaryl/α,β-unsaturated/α-hetero) is 1. The van der Waals surface area contributed by atoms with Gasteiger partial charge >= 0.3 is 0 Å². The summed E-state index contributed by atoms with van der Waals surface area (Å²) in [5.41, 5.74) is 1.26. The Kier molecular flexibility index (Phi) is 9.30. The molecule has 1 N–H and O–H groups in total. The molecule has 0 fully saturated rings. The van der Waals surface area contributed by atoms with E-state index in [4.69, 9.17) is 0 Å². The van der Waals surface area contributed by atoms with E-state index in [1.165, 1.54) is 12.1 Å². The van der Waals surface area contributed by atoms with Crippen LogP contribution in [0, 0.1) is 17.7 Å². The quantitative estimate of drug-likeness (QED) is 0.419. The van der Waals surface area contributed by atoms with Crippen LogP contribution in [0.1, 0.15) is 25.3 Å². The van der Waals surface area contributed by atoms with Gasteiger partial charge in [0.1, 0.15) is 23.8 Å². The van der Waals surface area contributed by atoms with Crippen molar-refractivity contribution in [2.24, 2.45) is 11.8 Å². The van der Waals surface area contributed by atoms with E-state index in [9.17, 15) is 18.8 Å².